The molecule has 6 heteroatoms. The first-order valence-corrected chi connectivity index (χ1v) is 9.63. The summed E-state index contributed by atoms with van der Waals surface area (Å²) in [5.41, 5.74) is 2.75. The third-order valence-electron chi connectivity index (χ3n) is 5.13. The van der Waals surface area contributed by atoms with Crippen LogP contribution in [0.15, 0.2) is 42.5 Å². The number of hydrogen-bond donors (Lipinski definition) is 2. The fourth-order valence-corrected chi connectivity index (χ4v) is 3.78. The molecule has 26 heavy (non-hydrogen) atoms. The average molecular weight is 393 g/mol. The Kier molecular flexibility index (Phi) is 6.07. The van der Waals surface area contributed by atoms with Crippen molar-refractivity contribution >= 4 is 40.5 Å². The lowest BCUT2D eigenvalue weighted by atomic mass is 10.1. The van der Waals surface area contributed by atoms with Gasteiger partial charge in [0.15, 0.2) is 6.04 Å². The Bertz CT molecular complexity index is 788. The number of carbonyl (C=O) groups excluding carboxylic acids is 1. The summed E-state index contributed by atoms with van der Waals surface area (Å²) in [5.74, 6) is 0.0246. The van der Waals surface area contributed by atoms with Gasteiger partial charge in [-0.15, -0.1) is 0 Å². The standard InChI is InChI=1S/C20H23Cl2N3O/c1-14-16(21)7-5-8-18(14)23-20(26)15(2)24-10-12-25(13-11-24)19-9-4-3-6-17(19)22/h3-9,15H,10-13H2,1-2H3,(H,23,26)/p+1/t15-/m0/s1. The van der Waals surface area contributed by atoms with Gasteiger partial charge in [-0.1, -0.05) is 41.4 Å². The van der Waals surface area contributed by atoms with Gasteiger partial charge in [-0.05, 0) is 43.7 Å². The third-order valence-corrected chi connectivity index (χ3v) is 5.86. The Morgan fingerprint density at radius 3 is 2.42 bits per heavy atom. The third kappa shape index (κ3) is 4.14. The molecule has 138 valence electrons. The van der Waals surface area contributed by atoms with E-state index in [1.165, 1.54) is 4.90 Å². The largest absolute Gasteiger partial charge is 0.359 e. The van der Waals surface area contributed by atoms with Crippen LogP contribution in [0.1, 0.15) is 12.5 Å². The molecule has 2 aromatic carbocycles. The Hall–Kier alpha value is -1.75. The zero-order chi connectivity index (χ0) is 18.7. The lowest BCUT2D eigenvalue weighted by molar-refractivity contribution is -0.914. The summed E-state index contributed by atoms with van der Waals surface area (Å²) >= 11 is 12.4. The van der Waals surface area contributed by atoms with Crippen molar-refractivity contribution in [2.45, 2.75) is 19.9 Å². The van der Waals surface area contributed by atoms with Gasteiger partial charge in [0.1, 0.15) is 0 Å². The van der Waals surface area contributed by atoms with E-state index in [0.717, 1.165) is 48.1 Å². The van der Waals surface area contributed by atoms with Crippen molar-refractivity contribution in [2.75, 3.05) is 36.4 Å². The van der Waals surface area contributed by atoms with E-state index in [9.17, 15) is 4.79 Å². The van der Waals surface area contributed by atoms with Crippen molar-refractivity contribution in [3.05, 3.63) is 58.1 Å². The van der Waals surface area contributed by atoms with Crippen molar-refractivity contribution in [1.82, 2.24) is 0 Å². The van der Waals surface area contributed by atoms with Gasteiger partial charge in [0.25, 0.3) is 5.91 Å². The van der Waals surface area contributed by atoms with E-state index < -0.39 is 0 Å². The predicted molar refractivity (Wildman–Crippen MR) is 109 cm³/mol. The van der Waals surface area contributed by atoms with Gasteiger partial charge in [0.2, 0.25) is 0 Å². The van der Waals surface area contributed by atoms with Crippen molar-refractivity contribution < 1.29 is 9.69 Å². The maximum atomic E-state index is 12.7. The molecule has 0 radical (unpaired) electrons. The number of benzene rings is 2. The van der Waals surface area contributed by atoms with Gasteiger partial charge in [-0.3, -0.25) is 4.79 Å². The molecule has 3 rings (SSSR count). The number of amides is 1. The first kappa shape index (κ1) is 19.0. The number of nitrogens with zero attached hydrogens (tertiary/aromatic N) is 1. The smallest absolute Gasteiger partial charge is 0.282 e. The number of para-hydroxylation sites is 1. The second kappa shape index (κ2) is 8.30. The maximum absolute atomic E-state index is 12.7. The molecule has 1 fully saturated rings. The van der Waals surface area contributed by atoms with Crippen molar-refractivity contribution in [2.24, 2.45) is 0 Å². The molecule has 1 heterocycles. The SMILES string of the molecule is Cc1c(Cl)cccc1NC(=O)[C@H](C)[NH+]1CCN(c2ccccc2Cl)CC1. The number of rotatable bonds is 4. The number of anilines is 2. The molecule has 1 saturated heterocycles. The van der Waals surface area contributed by atoms with Crippen LogP contribution in [-0.2, 0) is 4.79 Å². The summed E-state index contributed by atoms with van der Waals surface area (Å²) in [6.45, 7) is 7.45. The maximum Gasteiger partial charge on any atom is 0.282 e. The van der Waals surface area contributed by atoms with Crippen LogP contribution in [0.2, 0.25) is 10.0 Å². The topological polar surface area (TPSA) is 36.8 Å². The van der Waals surface area contributed by atoms with Crippen LogP contribution in [-0.4, -0.2) is 38.1 Å². The van der Waals surface area contributed by atoms with E-state index in [1.807, 2.05) is 56.3 Å². The van der Waals surface area contributed by atoms with Gasteiger partial charge >= 0.3 is 0 Å². The molecule has 0 bridgehead atoms. The van der Waals surface area contributed by atoms with E-state index in [1.54, 1.807) is 0 Å². The first-order chi connectivity index (χ1) is 12.5. The minimum absolute atomic E-state index is 0.0246. The fraction of sp³-hybridized carbons (Fsp3) is 0.350. The Morgan fingerprint density at radius 2 is 1.73 bits per heavy atom. The summed E-state index contributed by atoms with van der Waals surface area (Å²) in [4.78, 5) is 16.2. The van der Waals surface area contributed by atoms with Crippen LogP contribution in [0.4, 0.5) is 11.4 Å². The highest BCUT2D eigenvalue weighted by Crippen LogP contribution is 2.25. The fourth-order valence-electron chi connectivity index (χ4n) is 3.35. The number of nitrogens with one attached hydrogen (secondary N) is 2. The monoisotopic (exact) mass is 392 g/mol. The number of halogens is 2. The van der Waals surface area contributed by atoms with Gasteiger partial charge < -0.3 is 15.1 Å². The number of hydrogen-bond acceptors (Lipinski definition) is 2. The van der Waals surface area contributed by atoms with E-state index in [0.29, 0.717) is 5.02 Å². The molecule has 1 amide bonds. The molecular formula is C20H24Cl2N3O+. The normalized spacial score (nSPS) is 16.4. The second-order valence-corrected chi connectivity index (χ2v) is 7.53. The molecule has 0 aliphatic carbocycles. The molecule has 1 aliphatic rings. The summed E-state index contributed by atoms with van der Waals surface area (Å²) in [6, 6.07) is 13.4. The molecular weight excluding hydrogens is 369 g/mol. The number of carbonyl (C=O) groups is 1. The molecule has 0 saturated carbocycles. The first-order valence-electron chi connectivity index (χ1n) is 8.87. The molecule has 0 spiro atoms. The summed E-state index contributed by atoms with van der Waals surface area (Å²) in [6.07, 6.45) is 0. The van der Waals surface area contributed by atoms with Crippen LogP contribution < -0.4 is 15.1 Å². The van der Waals surface area contributed by atoms with Crippen molar-refractivity contribution in [3.8, 4) is 0 Å². The Balaban J connectivity index is 1.59. The van der Waals surface area contributed by atoms with E-state index >= 15 is 0 Å². The molecule has 1 aliphatic heterocycles. The molecule has 0 unspecified atom stereocenters. The van der Waals surface area contributed by atoms with Gasteiger partial charge in [0.05, 0.1) is 36.9 Å². The van der Waals surface area contributed by atoms with Gasteiger partial charge in [-0.2, -0.15) is 0 Å². The highest BCUT2D eigenvalue weighted by molar-refractivity contribution is 6.33. The average Bonchev–Trinajstić information content (AvgIpc) is 2.65. The van der Waals surface area contributed by atoms with Crippen LogP contribution in [0, 0.1) is 6.92 Å². The minimum atomic E-state index is -0.123. The molecule has 1 atom stereocenters. The number of quaternary nitrogens is 1. The van der Waals surface area contributed by atoms with Crippen LogP contribution in [0.5, 0.6) is 0 Å². The lowest BCUT2D eigenvalue weighted by Crippen LogP contribution is -3.19. The van der Waals surface area contributed by atoms with E-state index in [-0.39, 0.29) is 11.9 Å². The Labute approximate surface area is 164 Å². The number of piperazine rings is 1. The summed E-state index contributed by atoms with van der Waals surface area (Å²) in [5, 5.41) is 4.46. The zero-order valence-corrected chi connectivity index (χ0v) is 16.6. The van der Waals surface area contributed by atoms with Crippen LogP contribution >= 0.6 is 23.2 Å². The quantitative estimate of drug-likeness (QED) is 0.838. The van der Waals surface area contributed by atoms with Gasteiger partial charge in [-0.25, -0.2) is 0 Å². The highest BCUT2D eigenvalue weighted by atomic mass is 35.5. The second-order valence-electron chi connectivity index (χ2n) is 6.72. The predicted octanol–water partition coefficient (Wildman–Crippen LogP) is 3.03. The highest BCUT2D eigenvalue weighted by Gasteiger charge is 2.30. The molecule has 4 nitrogen and oxygen atoms in total. The lowest BCUT2D eigenvalue weighted by Gasteiger charge is -2.36. The van der Waals surface area contributed by atoms with Gasteiger partial charge in [0, 0.05) is 10.7 Å². The summed E-state index contributed by atoms with van der Waals surface area (Å²) < 4.78 is 0. The van der Waals surface area contributed by atoms with E-state index in [2.05, 4.69) is 10.2 Å². The zero-order valence-electron chi connectivity index (χ0n) is 15.1. The Morgan fingerprint density at radius 1 is 1.08 bits per heavy atom. The van der Waals surface area contributed by atoms with E-state index in [4.69, 9.17) is 23.2 Å². The van der Waals surface area contributed by atoms with Crippen LogP contribution in [0.25, 0.3) is 0 Å². The summed E-state index contributed by atoms with van der Waals surface area (Å²) in [7, 11) is 0. The van der Waals surface area contributed by atoms with Crippen molar-refractivity contribution in [1.29, 1.82) is 0 Å². The molecule has 2 aromatic rings. The minimum Gasteiger partial charge on any atom is -0.359 e. The van der Waals surface area contributed by atoms with Crippen molar-refractivity contribution in [3.63, 3.8) is 0 Å². The molecule has 2 N–H and O–H groups in total. The van der Waals surface area contributed by atoms with Crippen LogP contribution in [0.3, 0.4) is 0 Å². The molecule has 0 aromatic heterocycles.